The first kappa shape index (κ1) is 13.4. The van der Waals surface area contributed by atoms with Crippen LogP contribution in [-0.2, 0) is 0 Å². The Balaban J connectivity index is 2.48. The summed E-state index contributed by atoms with van der Waals surface area (Å²) in [5.41, 5.74) is -3.87. The molecule has 0 aromatic rings. The molecule has 0 spiro atoms. The molecule has 2 N–H and O–H groups in total. The van der Waals surface area contributed by atoms with Crippen LogP contribution in [0.3, 0.4) is 0 Å². The second-order valence-electron chi connectivity index (χ2n) is 4.41. The van der Waals surface area contributed by atoms with E-state index in [4.69, 9.17) is 0 Å². The maximum absolute atomic E-state index is 13.2. The molecule has 1 nitrogen and oxygen atoms in total. The minimum atomic E-state index is -5.45. The highest BCUT2D eigenvalue weighted by atomic mass is 79.9. The van der Waals surface area contributed by atoms with Gasteiger partial charge in [0.25, 0.3) is 5.54 Å². The van der Waals surface area contributed by atoms with Crippen molar-refractivity contribution in [3.63, 3.8) is 0 Å². The van der Waals surface area contributed by atoms with Crippen LogP contribution in [0.4, 0.5) is 30.7 Å². The highest BCUT2D eigenvalue weighted by molar-refractivity contribution is 9.09. The lowest BCUT2D eigenvalue weighted by atomic mass is 9.82. The van der Waals surface area contributed by atoms with Crippen molar-refractivity contribution in [3.05, 3.63) is 0 Å². The van der Waals surface area contributed by atoms with Gasteiger partial charge in [0.2, 0.25) is 0 Å². The summed E-state index contributed by atoms with van der Waals surface area (Å²) in [6.07, 6.45) is -13.2. The average molecular weight is 331 g/mol. The molecule has 2 aliphatic rings. The Bertz CT molecular complexity index is 311. The van der Waals surface area contributed by atoms with Crippen molar-refractivity contribution >= 4 is 15.9 Å². The Labute approximate surface area is 99.9 Å². The molecule has 1 aliphatic heterocycles. The fourth-order valence-electron chi connectivity index (χ4n) is 2.83. The summed E-state index contributed by atoms with van der Waals surface area (Å²) in [7, 11) is 0. The molecule has 9 heteroatoms. The lowest BCUT2D eigenvalue weighted by molar-refractivity contribution is -0.798. The Kier molecular flexibility index (Phi) is 2.75. The fraction of sp³-hybridized carbons (Fsp3) is 1.00. The van der Waals surface area contributed by atoms with E-state index in [-0.39, 0.29) is 5.32 Å². The van der Waals surface area contributed by atoms with Crippen LogP contribution in [0.1, 0.15) is 6.42 Å². The monoisotopic (exact) mass is 330 g/mol. The number of halogens is 8. The zero-order valence-corrected chi connectivity index (χ0v) is 9.70. The van der Waals surface area contributed by atoms with Crippen molar-refractivity contribution in [2.24, 2.45) is 5.92 Å². The minimum Gasteiger partial charge on any atom is -0.320 e. The highest BCUT2D eigenvalue weighted by Crippen LogP contribution is 2.55. The third kappa shape index (κ3) is 1.54. The molecule has 0 amide bonds. The summed E-state index contributed by atoms with van der Waals surface area (Å²) in [5, 5.41) is 0.102. The third-order valence-electron chi connectivity index (χ3n) is 3.63. The number of alkyl halides is 8. The predicted molar refractivity (Wildman–Crippen MR) is 46.3 cm³/mol. The molecule has 2 rings (SSSR count). The van der Waals surface area contributed by atoms with Crippen molar-refractivity contribution in [3.8, 4) is 0 Å². The summed E-state index contributed by atoms with van der Waals surface area (Å²) in [5.74, 6) is -1.82. The lowest BCUT2D eigenvalue weighted by Gasteiger charge is -2.37. The second-order valence-corrected chi connectivity index (χ2v) is 5.47. The average Bonchev–Trinajstić information content (AvgIpc) is 2.53. The van der Waals surface area contributed by atoms with Gasteiger partial charge in [0.05, 0.1) is 10.7 Å². The van der Waals surface area contributed by atoms with Crippen molar-refractivity contribution < 1.29 is 36.0 Å². The largest absolute Gasteiger partial charge is 0.454 e. The third-order valence-corrected chi connectivity index (χ3v) is 4.88. The van der Waals surface area contributed by atoms with Crippen molar-refractivity contribution in [1.82, 2.24) is 0 Å². The van der Waals surface area contributed by atoms with Gasteiger partial charge in [0.1, 0.15) is 6.04 Å². The second kappa shape index (κ2) is 3.49. The molecule has 100 valence electrons. The van der Waals surface area contributed by atoms with Gasteiger partial charge in [-0.15, -0.1) is 0 Å². The van der Waals surface area contributed by atoms with Crippen LogP contribution < -0.4 is 5.32 Å². The molecular formula is C8H8BrF7N+. The fourth-order valence-corrected chi connectivity index (χ4v) is 3.94. The van der Waals surface area contributed by atoms with Crippen LogP contribution in [-0.4, -0.2) is 34.9 Å². The molecule has 4 atom stereocenters. The first-order chi connectivity index (χ1) is 7.52. The number of piperidine rings is 1. The van der Waals surface area contributed by atoms with Crippen LogP contribution in [0.2, 0.25) is 0 Å². The van der Waals surface area contributed by atoms with Gasteiger partial charge in [-0.05, 0) is 6.42 Å². The van der Waals surface area contributed by atoms with Crippen LogP contribution in [0, 0.1) is 5.92 Å². The topological polar surface area (TPSA) is 16.6 Å². The number of quaternary nitrogens is 1. The van der Waals surface area contributed by atoms with Gasteiger partial charge in [-0.3, -0.25) is 0 Å². The Morgan fingerprint density at radius 2 is 1.53 bits per heavy atom. The van der Waals surface area contributed by atoms with E-state index in [1.807, 2.05) is 0 Å². The minimum absolute atomic E-state index is 0.102. The van der Waals surface area contributed by atoms with Gasteiger partial charge in [-0.25, -0.2) is 4.39 Å². The molecule has 17 heavy (non-hydrogen) atoms. The molecule has 0 aromatic carbocycles. The zero-order chi connectivity index (χ0) is 13.2. The molecule has 0 unspecified atom stereocenters. The highest BCUT2D eigenvalue weighted by Gasteiger charge is 2.85. The van der Waals surface area contributed by atoms with E-state index in [2.05, 4.69) is 15.9 Å². The van der Waals surface area contributed by atoms with Crippen LogP contribution >= 0.6 is 15.9 Å². The van der Waals surface area contributed by atoms with Crippen LogP contribution in [0.25, 0.3) is 0 Å². The summed E-state index contributed by atoms with van der Waals surface area (Å²) in [6, 6.07) is -1.33. The van der Waals surface area contributed by atoms with E-state index < -0.39 is 47.3 Å². The SMILES string of the molecule is F[C@@H]1C[C@H]2[C@@H](Br)[C@@H]1[NH2+]C2(C(F)(F)F)C(F)(F)F. The summed E-state index contributed by atoms with van der Waals surface area (Å²) >= 11 is 2.76. The van der Waals surface area contributed by atoms with E-state index in [9.17, 15) is 30.7 Å². The maximum Gasteiger partial charge on any atom is 0.454 e. The molecular weight excluding hydrogens is 323 g/mol. The zero-order valence-electron chi connectivity index (χ0n) is 8.12. The number of nitrogens with two attached hydrogens (primary N) is 1. The van der Waals surface area contributed by atoms with E-state index in [0.29, 0.717) is 0 Å². The van der Waals surface area contributed by atoms with E-state index >= 15 is 0 Å². The van der Waals surface area contributed by atoms with Gasteiger partial charge in [0.15, 0.2) is 6.17 Å². The van der Waals surface area contributed by atoms with Crippen molar-refractivity contribution in [2.75, 3.05) is 0 Å². The van der Waals surface area contributed by atoms with Gasteiger partial charge in [-0.1, -0.05) is 15.9 Å². The van der Waals surface area contributed by atoms with Gasteiger partial charge < -0.3 is 5.32 Å². The summed E-state index contributed by atoms with van der Waals surface area (Å²) in [4.78, 5) is -1.11. The quantitative estimate of drug-likeness (QED) is 0.516. The molecule has 2 fully saturated rings. The number of rotatable bonds is 0. The molecule has 0 aromatic heterocycles. The predicted octanol–water partition coefficient (Wildman–Crippen LogP) is 1.92. The summed E-state index contributed by atoms with van der Waals surface area (Å²) in [6.45, 7) is 0. The van der Waals surface area contributed by atoms with Crippen LogP contribution in [0.15, 0.2) is 0 Å². The van der Waals surface area contributed by atoms with Gasteiger partial charge >= 0.3 is 12.4 Å². The number of hydrogen-bond donors (Lipinski definition) is 1. The molecule has 0 radical (unpaired) electrons. The maximum atomic E-state index is 13.2. The first-order valence-corrected chi connectivity index (χ1v) is 5.71. The van der Waals surface area contributed by atoms with Gasteiger partial charge in [-0.2, -0.15) is 26.3 Å². The molecule has 1 saturated carbocycles. The standard InChI is InChI=1S/C8H7BrF7N/c9-4-2-1-3(10)5(4)17-6(2,7(11,12)13)8(14,15)16/h2-5,17H,1H2/p+1/t2-,3+,4+,5+/m0/s1. The van der Waals surface area contributed by atoms with Crippen molar-refractivity contribution in [1.29, 1.82) is 0 Å². The lowest BCUT2D eigenvalue weighted by Crippen LogP contribution is -3.07. The molecule has 1 saturated heterocycles. The van der Waals surface area contributed by atoms with E-state index in [0.717, 1.165) is 0 Å². The first-order valence-electron chi connectivity index (χ1n) is 4.80. The normalized spacial score (nSPS) is 40.9. The molecule has 2 bridgehead atoms. The smallest absolute Gasteiger partial charge is 0.320 e. The van der Waals surface area contributed by atoms with Gasteiger partial charge in [0, 0.05) is 0 Å². The summed E-state index contributed by atoms with van der Waals surface area (Å²) < 4.78 is 89.8. The van der Waals surface area contributed by atoms with E-state index in [1.165, 1.54) is 0 Å². The Morgan fingerprint density at radius 3 is 1.76 bits per heavy atom. The number of fused-ring (bicyclic) bond motifs is 2. The van der Waals surface area contributed by atoms with Crippen molar-refractivity contribution in [2.45, 2.75) is 41.4 Å². The number of hydrogen-bond acceptors (Lipinski definition) is 0. The molecule has 1 heterocycles. The molecule has 1 aliphatic carbocycles. The Morgan fingerprint density at radius 1 is 1.06 bits per heavy atom. The van der Waals surface area contributed by atoms with Crippen LogP contribution in [0.5, 0.6) is 0 Å². The van der Waals surface area contributed by atoms with E-state index in [1.54, 1.807) is 0 Å². The Hall–Kier alpha value is -0.0500.